The molecule has 0 aromatic carbocycles. The molecule has 1 aromatic rings. The van der Waals surface area contributed by atoms with Crippen LogP contribution in [0.4, 0.5) is 0 Å². The maximum Gasteiger partial charge on any atom is 0.261 e. The molecule has 0 saturated carbocycles. The van der Waals surface area contributed by atoms with Crippen LogP contribution < -0.4 is 5.32 Å². The summed E-state index contributed by atoms with van der Waals surface area (Å²) in [4.78, 5) is 14.5. The Morgan fingerprint density at radius 1 is 1.33 bits per heavy atom. The molecule has 0 unspecified atom stereocenters. The van der Waals surface area contributed by atoms with Gasteiger partial charge in [0.1, 0.15) is 11.6 Å². The Labute approximate surface area is 145 Å². The quantitative estimate of drug-likeness (QED) is 0.559. The molecule has 132 valence electrons. The number of likely N-dealkylation sites (N-methyl/N-ethyl adjacent to an activating group) is 1. The molecule has 0 atom stereocenters. The van der Waals surface area contributed by atoms with Crippen molar-refractivity contribution in [3.05, 3.63) is 28.6 Å². The smallest absolute Gasteiger partial charge is 0.261 e. The van der Waals surface area contributed by atoms with Crippen molar-refractivity contribution in [1.29, 1.82) is 5.26 Å². The second-order valence-electron chi connectivity index (χ2n) is 5.93. The van der Waals surface area contributed by atoms with Crippen LogP contribution in [-0.4, -0.2) is 41.6 Å². The molecule has 0 spiro atoms. The van der Waals surface area contributed by atoms with Gasteiger partial charge in [0.15, 0.2) is 0 Å². The lowest BCUT2D eigenvalue weighted by molar-refractivity contribution is -0.117. The van der Waals surface area contributed by atoms with Gasteiger partial charge in [-0.3, -0.25) is 4.79 Å². The molecule has 0 aliphatic carbocycles. The first-order valence-corrected chi connectivity index (χ1v) is 8.77. The number of carbonyl (C=O) groups is 1. The number of hydrogen-bond donors (Lipinski definition) is 1. The predicted molar refractivity (Wildman–Crippen MR) is 98.6 cm³/mol. The summed E-state index contributed by atoms with van der Waals surface area (Å²) in [6.07, 6.45) is 2.75. The monoisotopic (exact) mass is 330 g/mol. The fourth-order valence-corrected chi connectivity index (χ4v) is 2.81. The van der Waals surface area contributed by atoms with Gasteiger partial charge >= 0.3 is 0 Å². The summed E-state index contributed by atoms with van der Waals surface area (Å²) >= 11 is 0. The van der Waals surface area contributed by atoms with E-state index in [1.54, 1.807) is 6.08 Å². The van der Waals surface area contributed by atoms with Gasteiger partial charge in [-0.15, -0.1) is 0 Å². The van der Waals surface area contributed by atoms with Crippen molar-refractivity contribution in [2.45, 2.75) is 47.6 Å². The average molecular weight is 330 g/mol. The summed E-state index contributed by atoms with van der Waals surface area (Å²) in [5, 5.41) is 12.2. The molecule has 1 heterocycles. The summed E-state index contributed by atoms with van der Waals surface area (Å²) in [5.41, 5.74) is 3.35. The van der Waals surface area contributed by atoms with Crippen LogP contribution >= 0.6 is 0 Å². The molecule has 1 aromatic heterocycles. The third kappa shape index (κ3) is 5.24. The van der Waals surface area contributed by atoms with Crippen molar-refractivity contribution in [2.75, 3.05) is 26.2 Å². The van der Waals surface area contributed by atoms with E-state index in [2.05, 4.69) is 42.5 Å². The van der Waals surface area contributed by atoms with Crippen LogP contribution in [-0.2, 0) is 11.3 Å². The number of nitrogens with zero attached hydrogens (tertiary/aromatic N) is 3. The largest absolute Gasteiger partial charge is 0.350 e. The van der Waals surface area contributed by atoms with E-state index in [-0.39, 0.29) is 11.5 Å². The second-order valence-corrected chi connectivity index (χ2v) is 5.93. The standard InChI is InChI=1S/C19H30N4O/c1-6-10-23-15(4)12-17(16(23)5)13-18(14-20)19(24)21-9-11-22(7-2)8-3/h12-13H,6-11H2,1-5H3,(H,21,24). The van der Waals surface area contributed by atoms with Gasteiger partial charge in [0.05, 0.1) is 0 Å². The van der Waals surface area contributed by atoms with E-state index in [1.807, 2.05) is 19.1 Å². The van der Waals surface area contributed by atoms with Gasteiger partial charge in [0.25, 0.3) is 5.91 Å². The number of carbonyl (C=O) groups excluding carboxylic acids is 1. The minimum absolute atomic E-state index is 0.159. The van der Waals surface area contributed by atoms with Gasteiger partial charge in [-0.05, 0) is 51.1 Å². The molecule has 1 amide bonds. The van der Waals surface area contributed by atoms with Crippen molar-refractivity contribution < 1.29 is 4.79 Å². The maximum absolute atomic E-state index is 12.2. The first-order chi connectivity index (χ1) is 11.5. The number of nitriles is 1. The van der Waals surface area contributed by atoms with E-state index in [4.69, 9.17) is 0 Å². The van der Waals surface area contributed by atoms with E-state index < -0.39 is 0 Å². The van der Waals surface area contributed by atoms with Gasteiger partial charge in [-0.2, -0.15) is 5.26 Å². The Morgan fingerprint density at radius 3 is 2.54 bits per heavy atom. The zero-order chi connectivity index (χ0) is 18.1. The number of aryl methyl sites for hydroxylation is 1. The minimum atomic E-state index is -0.301. The van der Waals surface area contributed by atoms with Crippen LogP contribution in [0, 0.1) is 25.2 Å². The zero-order valence-electron chi connectivity index (χ0n) is 15.6. The van der Waals surface area contributed by atoms with Crippen LogP contribution in [0.5, 0.6) is 0 Å². The summed E-state index contributed by atoms with van der Waals surface area (Å²) in [5.74, 6) is -0.301. The SMILES string of the molecule is CCCn1c(C)cc(C=C(C#N)C(=O)NCCN(CC)CC)c1C. The predicted octanol–water partition coefficient (Wildman–Crippen LogP) is 2.88. The molecule has 0 fully saturated rings. The van der Waals surface area contributed by atoms with Crippen molar-refractivity contribution in [2.24, 2.45) is 0 Å². The van der Waals surface area contributed by atoms with Crippen molar-refractivity contribution in [3.8, 4) is 6.07 Å². The molecule has 0 aliphatic rings. The Bertz CT molecular complexity index is 618. The van der Waals surface area contributed by atoms with E-state index in [9.17, 15) is 10.1 Å². The number of nitrogens with one attached hydrogen (secondary N) is 1. The van der Waals surface area contributed by atoms with Crippen LogP contribution in [0.3, 0.4) is 0 Å². The van der Waals surface area contributed by atoms with Gasteiger partial charge in [-0.25, -0.2) is 0 Å². The van der Waals surface area contributed by atoms with Gasteiger partial charge in [0.2, 0.25) is 0 Å². The van der Waals surface area contributed by atoms with E-state index in [0.717, 1.165) is 49.6 Å². The minimum Gasteiger partial charge on any atom is -0.350 e. The zero-order valence-corrected chi connectivity index (χ0v) is 15.6. The van der Waals surface area contributed by atoms with E-state index >= 15 is 0 Å². The average Bonchev–Trinajstić information content (AvgIpc) is 2.84. The summed E-state index contributed by atoms with van der Waals surface area (Å²) in [7, 11) is 0. The first kappa shape index (κ1) is 20.0. The summed E-state index contributed by atoms with van der Waals surface area (Å²) < 4.78 is 2.22. The van der Waals surface area contributed by atoms with Crippen molar-refractivity contribution in [1.82, 2.24) is 14.8 Å². The summed E-state index contributed by atoms with van der Waals surface area (Å²) in [6.45, 7) is 14.6. The molecule has 5 nitrogen and oxygen atoms in total. The topological polar surface area (TPSA) is 61.1 Å². The lowest BCUT2D eigenvalue weighted by Crippen LogP contribution is -2.35. The molecule has 1 N–H and O–H groups in total. The highest BCUT2D eigenvalue weighted by Gasteiger charge is 2.12. The number of amides is 1. The third-order valence-electron chi connectivity index (χ3n) is 4.33. The molecule has 1 rings (SSSR count). The fourth-order valence-electron chi connectivity index (χ4n) is 2.81. The summed E-state index contributed by atoms with van der Waals surface area (Å²) in [6, 6.07) is 4.06. The molecular formula is C19H30N4O. The number of rotatable bonds is 9. The first-order valence-electron chi connectivity index (χ1n) is 8.77. The van der Waals surface area contributed by atoms with Crippen molar-refractivity contribution in [3.63, 3.8) is 0 Å². The Balaban J connectivity index is 2.82. The number of aromatic nitrogens is 1. The van der Waals surface area contributed by atoms with Crippen LogP contribution in [0.1, 0.15) is 44.1 Å². The third-order valence-corrected chi connectivity index (χ3v) is 4.33. The molecule has 0 saturated heterocycles. The molecule has 0 radical (unpaired) electrons. The molecule has 5 heteroatoms. The molecule has 0 aliphatic heterocycles. The lowest BCUT2D eigenvalue weighted by atomic mass is 10.1. The van der Waals surface area contributed by atoms with Gasteiger partial charge in [-0.1, -0.05) is 20.8 Å². The van der Waals surface area contributed by atoms with Gasteiger partial charge in [0, 0.05) is 31.0 Å². The Hall–Kier alpha value is -2.06. The highest BCUT2D eigenvalue weighted by molar-refractivity contribution is 6.01. The van der Waals surface area contributed by atoms with Crippen LogP contribution in [0.15, 0.2) is 11.6 Å². The normalized spacial score (nSPS) is 11.6. The lowest BCUT2D eigenvalue weighted by Gasteiger charge is -2.17. The van der Waals surface area contributed by atoms with Crippen LogP contribution in [0.25, 0.3) is 6.08 Å². The van der Waals surface area contributed by atoms with E-state index in [0.29, 0.717) is 6.54 Å². The van der Waals surface area contributed by atoms with Crippen molar-refractivity contribution >= 4 is 12.0 Å². The van der Waals surface area contributed by atoms with Gasteiger partial charge < -0.3 is 14.8 Å². The maximum atomic E-state index is 12.2. The molecule has 24 heavy (non-hydrogen) atoms. The van der Waals surface area contributed by atoms with E-state index in [1.165, 1.54) is 0 Å². The highest BCUT2D eigenvalue weighted by Crippen LogP contribution is 2.18. The fraction of sp³-hybridized carbons (Fsp3) is 0.579. The molecule has 0 bridgehead atoms. The number of hydrogen-bond acceptors (Lipinski definition) is 3. The van der Waals surface area contributed by atoms with Crippen LogP contribution in [0.2, 0.25) is 0 Å². The Morgan fingerprint density at radius 2 is 2.00 bits per heavy atom. The highest BCUT2D eigenvalue weighted by atomic mass is 16.1. The Kier molecular flexibility index (Phi) is 8.28. The molecular weight excluding hydrogens is 300 g/mol. The second kappa shape index (κ2) is 9.94.